The van der Waals surface area contributed by atoms with E-state index in [2.05, 4.69) is 13.8 Å². The molecule has 2 saturated carbocycles. The SMILES string of the molecule is CC(C)[C@]12CC(=O)CC1C2. The molecule has 0 bridgehead atoms. The first-order valence-electron chi connectivity index (χ1n) is 4.17. The van der Waals surface area contributed by atoms with Crippen LogP contribution in [0.5, 0.6) is 0 Å². The molecule has 1 heteroatoms. The van der Waals surface area contributed by atoms with E-state index in [1.165, 1.54) is 6.42 Å². The van der Waals surface area contributed by atoms with Gasteiger partial charge in [0.05, 0.1) is 0 Å². The Labute approximate surface area is 61.8 Å². The van der Waals surface area contributed by atoms with E-state index in [0.717, 1.165) is 24.7 Å². The Morgan fingerprint density at radius 1 is 1.60 bits per heavy atom. The lowest BCUT2D eigenvalue weighted by Crippen LogP contribution is -2.09. The zero-order valence-corrected chi connectivity index (χ0v) is 6.68. The van der Waals surface area contributed by atoms with Crippen molar-refractivity contribution in [3.63, 3.8) is 0 Å². The molecule has 1 unspecified atom stereocenters. The van der Waals surface area contributed by atoms with Crippen molar-refractivity contribution in [2.75, 3.05) is 0 Å². The van der Waals surface area contributed by atoms with Gasteiger partial charge >= 0.3 is 0 Å². The van der Waals surface area contributed by atoms with Crippen LogP contribution in [0.2, 0.25) is 0 Å². The predicted molar refractivity (Wildman–Crippen MR) is 39.6 cm³/mol. The minimum absolute atomic E-state index is 0.483. The van der Waals surface area contributed by atoms with E-state index in [4.69, 9.17) is 0 Å². The van der Waals surface area contributed by atoms with Crippen LogP contribution in [0.15, 0.2) is 0 Å². The smallest absolute Gasteiger partial charge is 0.133 e. The van der Waals surface area contributed by atoms with Gasteiger partial charge in [-0.15, -0.1) is 0 Å². The highest BCUT2D eigenvalue weighted by Crippen LogP contribution is 2.66. The molecule has 0 aromatic carbocycles. The van der Waals surface area contributed by atoms with E-state index in [9.17, 15) is 4.79 Å². The molecule has 10 heavy (non-hydrogen) atoms. The van der Waals surface area contributed by atoms with Gasteiger partial charge in [0, 0.05) is 12.8 Å². The summed E-state index contributed by atoms with van der Waals surface area (Å²) >= 11 is 0. The Kier molecular flexibility index (Phi) is 1.04. The summed E-state index contributed by atoms with van der Waals surface area (Å²) in [5.41, 5.74) is 0.483. The molecule has 0 aromatic heterocycles. The molecule has 2 fully saturated rings. The third kappa shape index (κ3) is 0.609. The lowest BCUT2D eigenvalue weighted by Gasteiger charge is -2.14. The van der Waals surface area contributed by atoms with Crippen molar-refractivity contribution in [1.29, 1.82) is 0 Å². The van der Waals surface area contributed by atoms with Gasteiger partial charge in [0.15, 0.2) is 0 Å². The third-order valence-corrected chi connectivity index (χ3v) is 3.43. The summed E-state index contributed by atoms with van der Waals surface area (Å²) in [6.45, 7) is 4.50. The molecular formula is C9H14O. The van der Waals surface area contributed by atoms with Crippen LogP contribution < -0.4 is 0 Å². The van der Waals surface area contributed by atoms with Gasteiger partial charge in [-0.25, -0.2) is 0 Å². The van der Waals surface area contributed by atoms with Crippen molar-refractivity contribution in [2.24, 2.45) is 17.3 Å². The molecule has 0 amide bonds. The average Bonchev–Trinajstić information content (AvgIpc) is 2.37. The number of carbonyl (C=O) groups excluding carboxylic acids is 1. The number of ketones is 1. The van der Waals surface area contributed by atoms with Crippen molar-refractivity contribution in [3.05, 3.63) is 0 Å². The summed E-state index contributed by atoms with van der Waals surface area (Å²) < 4.78 is 0. The van der Waals surface area contributed by atoms with E-state index < -0.39 is 0 Å². The quantitative estimate of drug-likeness (QED) is 0.541. The zero-order chi connectivity index (χ0) is 7.35. The van der Waals surface area contributed by atoms with E-state index in [-0.39, 0.29) is 0 Å². The largest absolute Gasteiger partial charge is 0.300 e. The molecule has 0 aromatic rings. The molecule has 1 nitrogen and oxygen atoms in total. The summed E-state index contributed by atoms with van der Waals surface area (Å²) in [4.78, 5) is 11.0. The van der Waals surface area contributed by atoms with E-state index in [1.54, 1.807) is 0 Å². The standard InChI is InChI=1S/C9H14O/c1-6(2)9-4-7(9)3-8(10)5-9/h6-7H,3-5H2,1-2H3/t7?,9-/m0/s1. The summed E-state index contributed by atoms with van der Waals surface area (Å²) in [5.74, 6) is 2.01. The third-order valence-electron chi connectivity index (χ3n) is 3.43. The second-order valence-corrected chi connectivity index (χ2v) is 4.21. The maximum Gasteiger partial charge on any atom is 0.133 e. The van der Waals surface area contributed by atoms with E-state index in [1.807, 2.05) is 0 Å². The van der Waals surface area contributed by atoms with Gasteiger partial charge in [-0.1, -0.05) is 13.8 Å². The second-order valence-electron chi connectivity index (χ2n) is 4.21. The Morgan fingerprint density at radius 3 is 2.60 bits per heavy atom. The van der Waals surface area contributed by atoms with Crippen molar-refractivity contribution >= 4 is 5.78 Å². The van der Waals surface area contributed by atoms with Crippen LogP contribution in [-0.2, 0) is 4.79 Å². The first-order chi connectivity index (χ1) is 4.65. The van der Waals surface area contributed by atoms with Gasteiger partial charge in [-0.05, 0) is 23.7 Å². The maximum atomic E-state index is 11.0. The molecule has 0 spiro atoms. The molecule has 0 N–H and O–H groups in total. The summed E-state index contributed by atoms with van der Waals surface area (Å²) in [5, 5.41) is 0. The highest BCUT2D eigenvalue weighted by molar-refractivity contribution is 5.83. The molecule has 0 heterocycles. The zero-order valence-electron chi connectivity index (χ0n) is 6.68. The van der Waals surface area contributed by atoms with Gasteiger partial charge in [0.25, 0.3) is 0 Å². The van der Waals surface area contributed by atoms with Crippen LogP contribution in [0, 0.1) is 17.3 Å². The van der Waals surface area contributed by atoms with Crippen LogP contribution in [0.25, 0.3) is 0 Å². The second kappa shape index (κ2) is 1.63. The molecule has 2 rings (SSSR count). The van der Waals surface area contributed by atoms with E-state index >= 15 is 0 Å². The fraction of sp³-hybridized carbons (Fsp3) is 0.889. The molecule has 0 saturated heterocycles. The molecule has 2 atom stereocenters. The fourth-order valence-electron chi connectivity index (χ4n) is 2.52. The normalized spacial score (nSPS) is 44.3. The highest BCUT2D eigenvalue weighted by Gasteiger charge is 2.61. The number of carbonyl (C=O) groups is 1. The molecular weight excluding hydrogens is 124 g/mol. The highest BCUT2D eigenvalue weighted by atomic mass is 16.1. The molecule has 0 aliphatic heterocycles. The van der Waals surface area contributed by atoms with Gasteiger partial charge in [0.1, 0.15) is 5.78 Å². The van der Waals surface area contributed by atoms with Crippen LogP contribution in [0.4, 0.5) is 0 Å². The van der Waals surface area contributed by atoms with Crippen LogP contribution >= 0.6 is 0 Å². The van der Waals surface area contributed by atoms with Crippen molar-refractivity contribution < 1.29 is 4.79 Å². The number of fused-ring (bicyclic) bond motifs is 1. The minimum Gasteiger partial charge on any atom is -0.300 e. The Balaban J connectivity index is 2.15. The summed E-state index contributed by atoms with van der Waals surface area (Å²) in [6, 6.07) is 0. The topological polar surface area (TPSA) is 17.1 Å². The lowest BCUT2D eigenvalue weighted by molar-refractivity contribution is -0.118. The van der Waals surface area contributed by atoms with Gasteiger partial charge < -0.3 is 0 Å². The number of rotatable bonds is 1. The Morgan fingerprint density at radius 2 is 2.30 bits per heavy atom. The maximum absolute atomic E-state index is 11.0. The lowest BCUT2D eigenvalue weighted by atomic mass is 9.90. The molecule has 2 aliphatic rings. The first kappa shape index (κ1) is 6.38. The van der Waals surface area contributed by atoms with Crippen LogP contribution in [-0.4, -0.2) is 5.78 Å². The van der Waals surface area contributed by atoms with Crippen LogP contribution in [0.1, 0.15) is 33.1 Å². The average molecular weight is 138 g/mol. The van der Waals surface area contributed by atoms with Gasteiger partial charge in [-0.2, -0.15) is 0 Å². The summed E-state index contributed by atoms with van der Waals surface area (Å²) in [6.07, 6.45) is 3.10. The van der Waals surface area contributed by atoms with Crippen molar-refractivity contribution in [2.45, 2.75) is 33.1 Å². The van der Waals surface area contributed by atoms with Crippen molar-refractivity contribution in [3.8, 4) is 0 Å². The monoisotopic (exact) mass is 138 g/mol. The number of hydrogen-bond donors (Lipinski definition) is 0. The molecule has 2 aliphatic carbocycles. The van der Waals surface area contributed by atoms with Crippen molar-refractivity contribution in [1.82, 2.24) is 0 Å². The number of hydrogen-bond acceptors (Lipinski definition) is 1. The van der Waals surface area contributed by atoms with Gasteiger partial charge in [-0.3, -0.25) is 4.79 Å². The molecule has 56 valence electrons. The summed E-state index contributed by atoms with van der Waals surface area (Å²) in [7, 11) is 0. The Hall–Kier alpha value is -0.330. The van der Waals surface area contributed by atoms with E-state index in [0.29, 0.717) is 11.2 Å². The first-order valence-corrected chi connectivity index (χ1v) is 4.17. The van der Waals surface area contributed by atoms with Crippen LogP contribution in [0.3, 0.4) is 0 Å². The predicted octanol–water partition coefficient (Wildman–Crippen LogP) is 2.01. The fourth-order valence-corrected chi connectivity index (χ4v) is 2.52. The Bertz CT molecular complexity index is 183. The minimum atomic E-state index is 0.483. The number of Topliss-reactive ketones (excluding diaryl/α,β-unsaturated/α-hetero) is 1. The van der Waals surface area contributed by atoms with Gasteiger partial charge in [0.2, 0.25) is 0 Å². The molecule has 0 radical (unpaired) electrons.